The molecule has 0 fully saturated rings. The van der Waals surface area contributed by atoms with E-state index in [9.17, 15) is 9.59 Å². The molecule has 3 rings (SSSR count). The predicted octanol–water partition coefficient (Wildman–Crippen LogP) is 2.96. The number of rotatable bonds is 7. The van der Waals surface area contributed by atoms with E-state index in [0.717, 1.165) is 0 Å². The van der Waals surface area contributed by atoms with Crippen LogP contribution in [0.5, 0.6) is 23.0 Å². The molecule has 1 heterocycles. The van der Waals surface area contributed by atoms with Crippen LogP contribution in [0.3, 0.4) is 0 Å². The zero-order valence-corrected chi connectivity index (χ0v) is 15.3. The van der Waals surface area contributed by atoms with Gasteiger partial charge < -0.3 is 23.7 Å². The molecule has 1 atom stereocenters. The first-order chi connectivity index (χ1) is 13.1. The van der Waals surface area contributed by atoms with Crippen molar-refractivity contribution in [2.45, 2.75) is 12.3 Å². The standard InChI is InChI=1S/C20H20O7/c1-23-14-6-4-12(5-7-14)16(21)10-15(20(22)25-3)13-8-17(24-2)19-18(9-13)26-11-27-19/h4-9,15H,10-11H2,1-3H3. The van der Waals surface area contributed by atoms with Gasteiger partial charge in [-0.2, -0.15) is 0 Å². The van der Waals surface area contributed by atoms with Gasteiger partial charge in [0.05, 0.1) is 27.2 Å². The fourth-order valence-corrected chi connectivity index (χ4v) is 2.91. The molecular formula is C20H20O7. The molecule has 0 radical (unpaired) electrons. The lowest BCUT2D eigenvalue weighted by molar-refractivity contribution is -0.142. The summed E-state index contributed by atoms with van der Waals surface area (Å²) in [6, 6.07) is 10.1. The van der Waals surface area contributed by atoms with E-state index in [1.807, 2.05) is 0 Å². The molecule has 142 valence electrons. The third kappa shape index (κ3) is 3.81. The molecule has 0 saturated carbocycles. The Morgan fingerprint density at radius 3 is 2.41 bits per heavy atom. The molecule has 7 heteroatoms. The minimum atomic E-state index is -0.798. The molecule has 1 unspecified atom stereocenters. The number of ether oxygens (including phenoxy) is 5. The van der Waals surface area contributed by atoms with Crippen molar-refractivity contribution in [2.24, 2.45) is 0 Å². The van der Waals surface area contributed by atoms with E-state index in [1.165, 1.54) is 14.2 Å². The fourth-order valence-electron chi connectivity index (χ4n) is 2.91. The largest absolute Gasteiger partial charge is 0.497 e. The van der Waals surface area contributed by atoms with Gasteiger partial charge in [0.25, 0.3) is 0 Å². The predicted molar refractivity (Wildman–Crippen MR) is 95.8 cm³/mol. The number of hydrogen-bond donors (Lipinski definition) is 0. The maximum absolute atomic E-state index is 12.7. The van der Waals surface area contributed by atoms with Crippen molar-refractivity contribution in [1.29, 1.82) is 0 Å². The van der Waals surface area contributed by atoms with Gasteiger partial charge in [0.1, 0.15) is 5.75 Å². The van der Waals surface area contributed by atoms with Gasteiger partial charge >= 0.3 is 5.97 Å². The minimum Gasteiger partial charge on any atom is -0.497 e. The Bertz CT molecular complexity index is 842. The highest BCUT2D eigenvalue weighted by molar-refractivity contribution is 5.99. The second kappa shape index (κ2) is 7.99. The monoisotopic (exact) mass is 372 g/mol. The van der Waals surface area contributed by atoms with Gasteiger partial charge in [0, 0.05) is 12.0 Å². The average Bonchev–Trinajstić information content (AvgIpc) is 3.19. The maximum Gasteiger partial charge on any atom is 0.313 e. The molecule has 27 heavy (non-hydrogen) atoms. The highest BCUT2D eigenvalue weighted by Crippen LogP contribution is 2.44. The summed E-state index contributed by atoms with van der Waals surface area (Å²) in [5, 5.41) is 0. The number of fused-ring (bicyclic) bond motifs is 1. The zero-order chi connectivity index (χ0) is 19.4. The zero-order valence-electron chi connectivity index (χ0n) is 15.3. The van der Waals surface area contributed by atoms with Crippen LogP contribution in [0.4, 0.5) is 0 Å². The number of carbonyl (C=O) groups is 2. The molecule has 2 aromatic rings. The van der Waals surface area contributed by atoms with E-state index in [2.05, 4.69) is 0 Å². The van der Waals surface area contributed by atoms with Gasteiger partial charge in [-0.25, -0.2) is 0 Å². The Kier molecular flexibility index (Phi) is 5.49. The van der Waals surface area contributed by atoms with Crippen LogP contribution < -0.4 is 18.9 Å². The normalized spacial score (nSPS) is 13.0. The molecule has 0 bridgehead atoms. The number of esters is 1. The third-order valence-electron chi connectivity index (χ3n) is 4.37. The van der Waals surface area contributed by atoms with Crippen LogP contribution in [0.25, 0.3) is 0 Å². The summed E-state index contributed by atoms with van der Waals surface area (Å²) < 4.78 is 26.1. The Morgan fingerprint density at radius 1 is 1.04 bits per heavy atom. The fraction of sp³-hybridized carbons (Fsp3) is 0.300. The van der Waals surface area contributed by atoms with E-state index < -0.39 is 11.9 Å². The van der Waals surface area contributed by atoms with Crippen molar-refractivity contribution >= 4 is 11.8 Å². The number of ketones is 1. The molecule has 0 N–H and O–H groups in total. The van der Waals surface area contributed by atoms with Crippen molar-refractivity contribution in [1.82, 2.24) is 0 Å². The Labute approximate surface area is 156 Å². The summed E-state index contributed by atoms with van der Waals surface area (Å²) in [6.45, 7) is 0.0722. The third-order valence-corrected chi connectivity index (χ3v) is 4.37. The van der Waals surface area contributed by atoms with Gasteiger partial charge in [-0.15, -0.1) is 0 Å². The van der Waals surface area contributed by atoms with Gasteiger partial charge in [-0.1, -0.05) is 0 Å². The number of hydrogen-bond acceptors (Lipinski definition) is 7. The van der Waals surface area contributed by atoms with E-state index >= 15 is 0 Å². The molecular weight excluding hydrogens is 352 g/mol. The van der Waals surface area contributed by atoms with E-state index in [4.69, 9.17) is 23.7 Å². The van der Waals surface area contributed by atoms with Gasteiger partial charge in [-0.05, 0) is 42.0 Å². The van der Waals surface area contributed by atoms with Crippen molar-refractivity contribution in [3.63, 3.8) is 0 Å². The SMILES string of the molecule is COC(=O)C(CC(=O)c1ccc(OC)cc1)c1cc(OC)c2c(c1)OCO2. The summed E-state index contributed by atoms with van der Waals surface area (Å²) in [6.07, 6.45) is -0.0538. The molecule has 1 aliphatic rings. The number of methoxy groups -OCH3 is 3. The van der Waals surface area contributed by atoms with Gasteiger partial charge in [-0.3, -0.25) is 9.59 Å². The van der Waals surface area contributed by atoms with Crippen LogP contribution in [0.2, 0.25) is 0 Å². The quantitative estimate of drug-likeness (QED) is 0.546. The number of benzene rings is 2. The molecule has 0 spiro atoms. The Morgan fingerprint density at radius 2 is 1.78 bits per heavy atom. The van der Waals surface area contributed by atoms with Gasteiger partial charge in [0.2, 0.25) is 12.5 Å². The Hall–Kier alpha value is -3.22. The van der Waals surface area contributed by atoms with E-state index in [1.54, 1.807) is 43.5 Å². The number of carbonyl (C=O) groups excluding carboxylic acids is 2. The lowest BCUT2D eigenvalue weighted by Gasteiger charge is -2.16. The first-order valence-electron chi connectivity index (χ1n) is 8.30. The topological polar surface area (TPSA) is 80.3 Å². The van der Waals surface area contributed by atoms with Crippen molar-refractivity contribution in [3.05, 3.63) is 47.5 Å². The second-order valence-electron chi connectivity index (χ2n) is 5.89. The lowest BCUT2D eigenvalue weighted by Crippen LogP contribution is -2.18. The van der Waals surface area contributed by atoms with E-state index in [0.29, 0.717) is 34.1 Å². The van der Waals surface area contributed by atoms with Crippen molar-refractivity contribution < 1.29 is 33.3 Å². The maximum atomic E-state index is 12.7. The minimum absolute atomic E-state index is 0.0538. The van der Waals surface area contributed by atoms with Crippen molar-refractivity contribution in [2.75, 3.05) is 28.1 Å². The van der Waals surface area contributed by atoms with Gasteiger partial charge in [0.15, 0.2) is 17.3 Å². The molecule has 7 nitrogen and oxygen atoms in total. The van der Waals surface area contributed by atoms with Crippen molar-refractivity contribution in [3.8, 4) is 23.0 Å². The molecule has 0 aliphatic carbocycles. The average molecular weight is 372 g/mol. The molecule has 0 amide bonds. The smallest absolute Gasteiger partial charge is 0.313 e. The lowest BCUT2D eigenvalue weighted by atomic mass is 9.91. The molecule has 1 aliphatic heterocycles. The second-order valence-corrected chi connectivity index (χ2v) is 5.89. The highest BCUT2D eigenvalue weighted by atomic mass is 16.7. The van der Waals surface area contributed by atoms with Crippen LogP contribution in [-0.2, 0) is 9.53 Å². The molecule has 0 aromatic heterocycles. The Balaban J connectivity index is 1.90. The summed E-state index contributed by atoms with van der Waals surface area (Å²) in [5.41, 5.74) is 1.04. The van der Waals surface area contributed by atoms with Crippen LogP contribution in [0.15, 0.2) is 36.4 Å². The summed E-state index contributed by atoms with van der Waals surface area (Å²) in [5.74, 6) is 0.527. The molecule has 2 aromatic carbocycles. The van der Waals surface area contributed by atoms with Crippen LogP contribution in [0.1, 0.15) is 28.3 Å². The van der Waals surface area contributed by atoms with Crippen LogP contribution in [-0.4, -0.2) is 39.9 Å². The summed E-state index contributed by atoms with van der Waals surface area (Å²) in [4.78, 5) is 25.1. The first-order valence-corrected chi connectivity index (χ1v) is 8.30. The molecule has 0 saturated heterocycles. The first kappa shape index (κ1) is 18.6. The van der Waals surface area contributed by atoms with Crippen LogP contribution in [0, 0.1) is 0 Å². The highest BCUT2D eigenvalue weighted by Gasteiger charge is 2.29. The summed E-state index contributed by atoms with van der Waals surface area (Å²) in [7, 11) is 4.34. The number of Topliss-reactive ketones (excluding diaryl/α,β-unsaturated/α-hetero) is 1. The van der Waals surface area contributed by atoms with E-state index in [-0.39, 0.29) is 19.0 Å². The van der Waals surface area contributed by atoms with Crippen LogP contribution >= 0.6 is 0 Å². The summed E-state index contributed by atoms with van der Waals surface area (Å²) >= 11 is 0.